The molecule has 0 heterocycles. The minimum Gasteiger partial charge on any atom is -0.452 e. The number of nitrogens with one attached hydrogen (secondary N) is 2. The van der Waals surface area contributed by atoms with Gasteiger partial charge in [0.2, 0.25) is 5.91 Å². The molecule has 0 saturated carbocycles. The van der Waals surface area contributed by atoms with E-state index in [1.165, 1.54) is 6.92 Å². The van der Waals surface area contributed by atoms with E-state index in [-0.39, 0.29) is 24.2 Å². The van der Waals surface area contributed by atoms with E-state index in [2.05, 4.69) is 24.5 Å². The van der Waals surface area contributed by atoms with Gasteiger partial charge < -0.3 is 15.4 Å². The Kier molecular flexibility index (Phi) is 7.53. The quantitative estimate of drug-likeness (QED) is 0.687. The summed E-state index contributed by atoms with van der Waals surface area (Å²) in [6, 6.07) is 12.8. The number of carbonyl (C=O) groups excluding carboxylic acids is 3. The third kappa shape index (κ3) is 6.45. The first-order chi connectivity index (χ1) is 13.7. The molecule has 2 amide bonds. The van der Waals surface area contributed by atoms with Crippen LogP contribution in [0.5, 0.6) is 0 Å². The van der Waals surface area contributed by atoms with E-state index < -0.39 is 12.1 Å². The highest BCUT2D eigenvalue weighted by Crippen LogP contribution is 2.27. The summed E-state index contributed by atoms with van der Waals surface area (Å²) in [5.74, 6) is -0.765. The maximum atomic E-state index is 12.5. The highest BCUT2D eigenvalue weighted by Gasteiger charge is 2.20. The Morgan fingerprint density at radius 1 is 0.966 bits per heavy atom. The Bertz CT molecular complexity index is 888. The van der Waals surface area contributed by atoms with Crippen molar-refractivity contribution < 1.29 is 19.1 Å². The molecule has 0 aliphatic heterocycles. The topological polar surface area (TPSA) is 84.5 Å². The Morgan fingerprint density at radius 3 is 2.21 bits per heavy atom. The van der Waals surface area contributed by atoms with Crippen LogP contribution in [0.2, 0.25) is 0 Å². The molecule has 0 spiro atoms. The van der Waals surface area contributed by atoms with Crippen molar-refractivity contribution in [2.45, 2.75) is 53.1 Å². The van der Waals surface area contributed by atoms with Gasteiger partial charge in [-0.15, -0.1) is 0 Å². The number of hydrogen-bond acceptors (Lipinski definition) is 4. The number of esters is 1. The maximum Gasteiger partial charge on any atom is 0.311 e. The fourth-order valence-corrected chi connectivity index (χ4v) is 2.94. The fraction of sp³-hybridized carbons (Fsp3) is 0.348. The van der Waals surface area contributed by atoms with E-state index in [1.54, 1.807) is 31.2 Å². The normalized spacial score (nSPS) is 11.7. The van der Waals surface area contributed by atoms with Crippen molar-refractivity contribution in [3.8, 4) is 0 Å². The number of aryl methyl sites for hydroxylation is 1. The zero-order valence-corrected chi connectivity index (χ0v) is 17.5. The van der Waals surface area contributed by atoms with Crippen LogP contribution < -0.4 is 10.6 Å². The smallest absolute Gasteiger partial charge is 0.311 e. The van der Waals surface area contributed by atoms with Crippen LogP contribution in [0.15, 0.2) is 42.5 Å². The van der Waals surface area contributed by atoms with Crippen LogP contribution >= 0.6 is 0 Å². The molecule has 2 aromatic carbocycles. The number of anilines is 2. The lowest BCUT2D eigenvalue weighted by Gasteiger charge is -2.19. The SMILES string of the molecule is CC(=O)Nc1ccc(CC(=O)O[C@@H](C)C(=O)Nc2c(C)cccc2C(C)C)cc1. The van der Waals surface area contributed by atoms with Crippen molar-refractivity contribution in [3.05, 3.63) is 59.2 Å². The zero-order chi connectivity index (χ0) is 21.6. The second kappa shape index (κ2) is 9.87. The Morgan fingerprint density at radius 2 is 1.62 bits per heavy atom. The molecule has 2 aromatic rings. The summed E-state index contributed by atoms with van der Waals surface area (Å²) in [6.07, 6.45) is -0.875. The molecule has 0 radical (unpaired) electrons. The van der Waals surface area contributed by atoms with Crippen LogP contribution in [0.1, 0.15) is 50.3 Å². The van der Waals surface area contributed by atoms with Crippen molar-refractivity contribution >= 4 is 29.2 Å². The third-order valence-electron chi connectivity index (χ3n) is 4.48. The summed E-state index contributed by atoms with van der Waals surface area (Å²) >= 11 is 0. The highest BCUT2D eigenvalue weighted by molar-refractivity contribution is 5.96. The van der Waals surface area contributed by atoms with Crippen molar-refractivity contribution in [3.63, 3.8) is 0 Å². The predicted octanol–water partition coefficient (Wildman–Crippen LogP) is 4.19. The van der Waals surface area contributed by atoms with Gasteiger partial charge in [-0.2, -0.15) is 0 Å². The summed E-state index contributed by atoms with van der Waals surface area (Å²) < 4.78 is 5.30. The highest BCUT2D eigenvalue weighted by atomic mass is 16.5. The van der Waals surface area contributed by atoms with Gasteiger partial charge >= 0.3 is 5.97 Å². The molecule has 6 nitrogen and oxygen atoms in total. The van der Waals surface area contributed by atoms with Crippen molar-refractivity contribution in [1.82, 2.24) is 0 Å². The molecule has 0 saturated heterocycles. The first kappa shape index (κ1) is 22.1. The molecule has 0 aliphatic carbocycles. The van der Waals surface area contributed by atoms with Gasteiger partial charge in [0, 0.05) is 18.3 Å². The molecule has 2 N–H and O–H groups in total. The summed E-state index contributed by atoms with van der Waals surface area (Å²) in [5.41, 5.74) is 4.15. The molecule has 6 heteroatoms. The van der Waals surface area contributed by atoms with E-state index >= 15 is 0 Å². The van der Waals surface area contributed by atoms with E-state index in [1.807, 2.05) is 25.1 Å². The number of rotatable bonds is 7. The fourth-order valence-electron chi connectivity index (χ4n) is 2.94. The number of para-hydroxylation sites is 1. The Hall–Kier alpha value is -3.15. The molecule has 0 fully saturated rings. The molecule has 0 aliphatic rings. The molecule has 154 valence electrons. The van der Waals surface area contributed by atoms with Gasteiger partial charge in [-0.3, -0.25) is 14.4 Å². The summed E-state index contributed by atoms with van der Waals surface area (Å²) in [6.45, 7) is 9.04. The number of hydrogen-bond donors (Lipinski definition) is 2. The van der Waals surface area contributed by atoms with Crippen molar-refractivity contribution in [1.29, 1.82) is 0 Å². The lowest BCUT2D eigenvalue weighted by molar-refractivity contribution is -0.152. The first-order valence-corrected chi connectivity index (χ1v) is 9.63. The van der Waals surface area contributed by atoms with Gasteiger partial charge in [-0.1, -0.05) is 44.2 Å². The van der Waals surface area contributed by atoms with Gasteiger partial charge in [0.25, 0.3) is 5.91 Å². The third-order valence-corrected chi connectivity index (χ3v) is 4.48. The van der Waals surface area contributed by atoms with Gasteiger partial charge in [-0.25, -0.2) is 0 Å². The Labute approximate surface area is 171 Å². The first-order valence-electron chi connectivity index (χ1n) is 9.63. The van der Waals surface area contributed by atoms with Crippen molar-refractivity contribution in [2.24, 2.45) is 0 Å². The second-order valence-corrected chi connectivity index (χ2v) is 7.37. The lowest BCUT2D eigenvalue weighted by atomic mass is 9.98. The number of amides is 2. The van der Waals surface area contributed by atoms with Crippen LogP contribution in [0.25, 0.3) is 0 Å². The zero-order valence-electron chi connectivity index (χ0n) is 17.5. The lowest BCUT2D eigenvalue weighted by Crippen LogP contribution is -2.31. The predicted molar refractivity (Wildman–Crippen MR) is 114 cm³/mol. The number of carbonyl (C=O) groups is 3. The molecule has 0 aromatic heterocycles. The van der Waals surface area contributed by atoms with Crippen LogP contribution in [-0.4, -0.2) is 23.9 Å². The number of ether oxygens (including phenoxy) is 1. The summed E-state index contributed by atoms with van der Waals surface area (Å²) in [4.78, 5) is 35.8. The van der Waals surface area contributed by atoms with Gasteiger partial charge in [0.1, 0.15) is 0 Å². The van der Waals surface area contributed by atoms with Crippen LogP contribution in [0.4, 0.5) is 11.4 Å². The molecule has 0 unspecified atom stereocenters. The van der Waals surface area contributed by atoms with Gasteiger partial charge in [0.05, 0.1) is 6.42 Å². The Balaban J connectivity index is 1.96. The average molecular weight is 396 g/mol. The average Bonchev–Trinajstić information content (AvgIpc) is 2.64. The maximum absolute atomic E-state index is 12.5. The van der Waals surface area contributed by atoms with Crippen LogP contribution in [0.3, 0.4) is 0 Å². The molecule has 0 bridgehead atoms. The molecular formula is C23H28N2O4. The van der Waals surface area contributed by atoms with E-state index in [4.69, 9.17) is 4.74 Å². The van der Waals surface area contributed by atoms with Gasteiger partial charge in [-0.05, 0) is 48.6 Å². The second-order valence-electron chi connectivity index (χ2n) is 7.37. The monoisotopic (exact) mass is 396 g/mol. The summed E-state index contributed by atoms with van der Waals surface area (Å²) in [5, 5.41) is 5.56. The number of benzene rings is 2. The van der Waals surface area contributed by atoms with E-state index in [0.717, 1.165) is 22.4 Å². The van der Waals surface area contributed by atoms with Crippen LogP contribution in [-0.2, 0) is 25.5 Å². The largest absolute Gasteiger partial charge is 0.452 e. The van der Waals surface area contributed by atoms with E-state index in [0.29, 0.717) is 5.69 Å². The molecular weight excluding hydrogens is 368 g/mol. The minimum atomic E-state index is -0.916. The van der Waals surface area contributed by atoms with E-state index in [9.17, 15) is 14.4 Å². The van der Waals surface area contributed by atoms with Crippen molar-refractivity contribution in [2.75, 3.05) is 10.6 Å². The summed E-state index contributed by atoms with van der Waals surface area (Å²) in [7, 11) is 0. The molecule has 1 atom stereocenters. The molecule has 29 heavy (non-hydrogen) atoms. The van der Waals surface area contributed by atoms with Crippen LogP contribution in [0, 0.1) is 6.92 Å². The standard InChI is InChI=1S/C23H28N2O4/c1-14(2)20-8-6-7-15(3)22(20)25-23(28)16(4)29-21(27)13-18-9-11-19(12-10-18)24-17(5)26/h6-12,14,16H,13H2,1-5H3,(H,24,26)(H,25,28)/t16-/m0/s1. The van der Waals surface area contributed by atoms with Gasteiger partial charge in [0.15, 0.2) is 6.10 Å². The molecule has 2 rings (SSSR count). The minimum absolute atomic E-state index is 0.0413.